The Labute approximate surface area is 184 Å². The number of nitrogens with one attached hydrogen (secondary N) is 1. The summed E-state index contributed by atoms with van der Waals surface area (Å²) >= 11 is 1.15. The van der Waals surface area contributed by atoms with Crippen LogP contribution in [-0.2, 0) is 4.79 Å². The van der Waals surface area contributed by atoms with Gasteiger partial charge in [-0.05, 0) is 43.5 Å². The van der Waals surface area contributed by atoms with Crippen molar-refractivity contribution in [2.45, 2.75) is 50.4 Å². The number of aromatic nitrogens is 3. The van der Waals surface area contributed by atoms with Crippen molar-refractivity contribution in [2.75, 3.05) is 0 Å². The minimum absolute atomic E-state index is 0.225. The average molecular weight is 436 g/mol. The fourth-order valence-corrected chi connectivity index (χ4v) is 4.81. The number of aliphatic carboxylic acids is 1. The van der Waals surface area contributed by atoms with E-state index in [4.69, 9.17) is 4.98 Å². The van der Waals surface area contributed by atoms with Gasteiger partial charge in [-0.15, -0.1) is 0 Å². The van der Waals surface area contributed by atoms with Crippen LogP contribution in [0.3, 0.4) is 0 Å². The van der Waals surface area contributed by atoms with Crippen LogP contribution in [0.1, 0.15) is 37.3 Å². The largest absolute Gasteiger partial charge is 0.480 e. The molecular formula is C24H25N3O3S. The Morgan fingerprint density at radius 2 is 2.00 bits per heavy atom. The third-order valence-electron chi connectivity index (χ3n) is 5.44. The maximum Gasteiger partial charge on any atom is 0.317 e. The van der Waals surface area contributed by atoms with Crippen molar-refractivity contribution in [3.63, 3.8) is 0 Å². The number of carbonyl (C=O) groups is 1. The molecule has 6 nitrogen and oxygen atoms in total. The summed E-state index contributed by atoms with van der Waals surface area (Å²) in [5.41, 5.74) is 4.26. The Kier molecular flexibility index (Phi) is 5.87. The molecule has 0 fully saturated rings. The van der Waals surface area contributed by atoms with Crippen LogP contribution in [0.15, 0.2) is 52.4 Å². The molecule has 7 heteroatoms. The lowest BCUT2D eigenvalue weighted by atomic mass is 10.1. The van der Waals surface area contributed by atoms with Crippen molar-refractivity contribution in [3.05, 3.63) is 63.9 Å². The topological polar surface area (TPSA) is 88.0 Å². The smallest absolute Gasteiger partial charge is 0.317 e. The first kappa shape index (κ1) is 21.2. The zero-order valence-electron chi connectivity index (χ0n) is 17.8. The standard InChI is InChI=1S/C24H25N3O3S/c1-4-5-10-19(23(29)30)31-24-26-20-16-8-6-7-9-17(16)25-21(20)22(28)27(24)18-13-14(2)11-12-15(18)3/h6-9,11-13,19,25H,4-5,10H2,1-3H3,(H,29,30)/t19-/m0/s1. The first-order chi connectivity index (χ1) is 14.9. The molecule has 0 amide bonds. The van der Waals surface area contributed by atoms with E-state index >= 15 is 0 Å². The molecule has 1 atom stereocenters. The molecule has 0 aliphatic rings. The Hall–Kier alpha value is -3.06. The molecule has 0 spiro atoms. The highest BCUT2D eigenvalue weighted by Gasteiger charge is 2.24. The number of para-hydroxylation sites is 1. The number of carboxylic acid groups (broad SMARTS) is 1. The lowest BCUT2D eigenvalue weighted by molar-refractivity contribution is -0.136. The van der Waals surface area contributed by atoms with Gasteiger partial charge in [0, 0.05) is 10.9 Å². The van der Waals surface area contributed by atoms with Crippen LogP contribution in [0.2, 0.25) is 0 Å². The highest BCUT2D eigenvalue weighted by atomic mass is 32.2. The number of benzene rings is 2. The first-order valence-electron chi connectivity index (χ1n) is 10.4. The molecule has 160 valence electrons. The summed E-state index contributed by atoms with van der Waals surface area (Å²) in [4.78, 5) is 33.7. The molecule has 2 heterocycles. The molecule has 2 aromatic heterocycles. The molecule has 31 heavy (non-hydrogen) atoms. The number of fused-ring (bicyclic) bond motifs is 3. The fourth-order valence-electron chi connectivity index (χ4n) is 3.74. The molecule has 4 aromatic rings. The van der Waals surface area contributed by atoms with Gasteiger partial charge in [-0.1, -0.05) is 61.9 Å². The number of nitrogens with zero attached hydrogens (tertiary/aromatic N) is 2. The molecule has 0 aliphatic carbocycles. The van der Waals surface area contributed by atoms with Crippen molar-refractivity contribution in [3.8, 4) is 5.69 Å². The normalized spacial score (nSPS) is 12.5. The number of carboxylic acids is 1. The molecule has 0 saturated carbocycles. The summed E-state index contributed by atoms with van der Waals surface area (Å²) in [6, 6.07) is 13.5. The Bertz CT molecular complexity index is 1340. The second-order valence-electron chi connectivity index (χ2n) is 7.81. The molecule has 2 N–H and O–H groups in total. The van der Waals surface area contributed by atoms with Crippen LogP contribution in [0.4, 0.5) is 0 Å². The van der Waals surface area contributed by atoms with Crippen LogP contribution in [0.5, 0.6) is 0 Å². The highest BCUT2D eigenvalue weighted by molar-refractivity contribution is 8.00. The monoisotopic (exact) mass is 435 g/mol. The molecule has 0 radical (unpaired) electrons. The molecule has 0 unspecified atom stereocenters. The first-order valence-corrected chi connectivity index (χ1v) is 11.3. The molecule has 0 aliphatic heterocycles. The van der Waals surface area contributed by atoms with Crippen molar-refractivity contribution in [1.29, 1.82) is 0 Å². The second-order valence-corrected chi connectivity index (χ2v) is 8.98. The number of thioether (sulfide) groups is 1. The Morgan fingerprint density at radius 3 is 2.74 bits per heavy atom. The van der Waals surface area contributed by atoms with Gasteiger partial charge in [-0.25, -0.2) is 4.98 Å². The van der Waals surface area contributed by atoms with E-state index in [2.05, 4.69) is 4.98 Å². The van der Waals surface area contributed by atoms with Gasteiger partial charge >= 0.3 is 5.97 Å². The van der Waals surface area contributed by atoms with Gasteiger partial charge in [0.25, 0.3) is 5.56 Å². The Morgan fingerprint density at radius 1 is 1.23 bits per heavy atom. The summed E-state index contributed by atoms with van der Waals surface area (Å²) < 4.78 is 1.56. The molecule has 0 bridgehead atoms. The summed E-state index contributed by atoms with van der Waals surface area (Å²) in [6.45, 7) is 5.94. The van der Waals surface area contributed by atoms with E-state index in [0.29, 0.717) is 22.6 Å². The number of unbranched alkanes of at least 4 members (excludes halogenated alkanes) is 1. The van der Waals surface area contributed by atoms with Gasteiger partial charge < -0.3 is 10.1 Å². The lowest BCUT2D eigenvalue weighted by Crippen LogP contribution is -2.25. The Balaban J connectivity index is 2.01. The van der Waals surface area contributed by atoms with Gasteiger partial charge in [0.15, 0.2) is 5.16 Å². The zero-order valence-corrected chi connectivity index (χ0v) is 18.6. The van der Waals surface area contributed by atoms with Gasteiger partial charge in [-0.2, -0.15) is 0 Å². The maximum absolute atomic E-state index is 13.7. The summed E-state index contributed by atoms with van der Waals surface area (Å²) in [7, 11) is 0. The minimum atomic E-state index is -0.890. The average Bonchev–Trinajstić information content (AvgIpc) is 3.12. The minimum Gasteiger partial charge on any atom is -0.480 e. The summed E-state index contributed by atoms with van der Waals surface area (Å²) in [6.07, 6.45) is 2.22. The van der Waals surface area contributed by atoms with E-state index in [9.17, 15) is 14.7 Å². The van der Waals surface area contributed by atoms with E-state index in [1.54, 1.807) is 4.57 Å². The van der Waals surface area contributed by atoms with Crippen LogP contribution < -0.4 is 5.56 Å². The van der Waals surface area contributed by atoms with Crippen LogP contribution in [0, 0.1) is 13.8 Å². The maximum atomic E-state index is 13.7. The number of hydrogen-bond acceptors (Lipinski definition) is 4. The van der Waals surface area contributed by atoms with E-state index in [-0.39, 0.29) is 5.56 Å². The van der Waals surface area contributed by atoms with E-state index in [1.165, 1.54) is 0 Å². The van der Waals surface area contributed by atoms with Crippen molar-refractivity contribution >= 4 is 39.7 Å². The lowest BCUT2D eigenvalue weighted by Gasteiger charge is -2.17. The fraction of sp³-hybridized carbons (Fsp3) is 0.292. The van der Waals surface area contributed by atoms with Crippen LogP contribution in [0.25, 0.3) is 27.6 Å². The quantitative estimate of drug-likeness (QED) is 0.307. The van der Waals surface area contributed by atoms with Gasteiger partial charge in [0.2, 0.25) is 0 Å². The summed E-state index contributed by atoms with van der Waals surface area (Å²) in [5, 5.41) is 10.4. The summed E-state index contributed by atoms with van der Waals surface area (Å²) in [5.74, 6) is -0.890. The molecule has 4 rings (SSSR count). The number of H-pyrrole nitrogens is 1. The van der Waals surface area contributed by atoms with Crippen molar-refractivity contribution in [2.24, 2.45) is 0 Å². The number of aryl methyl sites for hydroxylation is 2. The third-order valence-corrected chi connectivity index (χ3v) is 6.65. The zero-order chi connectivity index (χ0) is 22.1. The van der Waals surface area contributed by atoms with Gasteiger partial charge in [0.05, 0.1) is 5.69 Å². The van der Waals surface area contributed by atoms with Crippen LogP contribution in [-0.4, -0.2) is 30.9 Å². The SMILES string of the molecule is CCCC[C@H](Sc1nc2c([nH]c3ccccc32)c(=O)n1-c1cc(C)ccc1C)C(=O)O. The second kappa shape index (κ2) is 8.59. The highest BCUT2D eigenvalue weighted by Crippen LogP contribution is 2.31. The number of aromatic amines is 1. The van der Waals surface area contributed by atoms with Crippen molar-refractivity contribution in [1.82, 2.24) is 14.5 Å². The van der Waals surface area contributed by atoms with E-state index in [1.807, 2.05) is 63.2 Å². The predicted molar refractivity (Wildman–Crippen MR) is 125 cm³/mol. The van der Waals surface area contributed by atoms with E-state index < -0.39 is 11.2 Å². The molecular weight excluding hydrogens is 410 g/mol. The molecule has 0 saturated heterocycles. The van der Waals surface area contributed by atoms with Crippen LogP contribution >= 0.6 is 11.8 Å². The predicted octanol–water partition coefficient (Wildman–Crippen LogP) is 5.22. The number of rotatable bonds is 7. The third kappa shape index (κ3) is 3.97. The van der Waals surface area contributed by atoms with Crippen molar-refractivity contribution < 1.29 is 9.90 Å². The van der Waals surface area contributed by atoms with Gasteiger partial charge in [0.1, 0.15) is 16.3 Å². The van der Waals surface area contributed by atoms with E-state index in [0.717, 1.165) is 52.3 Å². The molecule has 2 aromatic carbocycles. The number of hydrogen-bond donors (Lipinski definition) is 2. The van der Waals surface area contributed by atoms with Gasteiger partial charge in [-0.3, -0.25) is 14.2 Å².